The molecule has 0 atom stereocenters. The van der Waals surface area contributed by atoms with Crippen LogP contribution in [0.2, 0.25) is 0 Å². The van der Waals surface area contributed by atoms with Crippen molar-refractivity contribution in [3.63, 3.8) is 0 Å². The van der Waals surface area contributed by atoms with Crippen molar-refractivity contribution in [2.24, 2.45) is 5.10 Å². The van der Waals surface area contributed by atoms with Gasteiger partial charge in [0.25, 0.3) is 0 Å². The van der Waals surface area contributed by atoms with Crippen LogP contribution < -0.4 is 10.7 Å². The first kappa shape index (κ1) is 12.5. The van der Waals surface area contributed by atoms with E-state index in [1.54, 1.807) is 17.6 Å². The summed E-state index contributed by atoms with van der Waals surface area (Å²) >= 11 is 6.85. The molecule has 0 saturated heterocycles. The highest BCUT2D eigenvalue weighted by Gasteiger charge is 2.13. The van der Waals surface area contributed by atoms with Gasteiger partial charge in [0.2, 0.25) is 0 Å². The summed E-state index contributed by atoms with van der Waals surface area (Å²) in [6.07, 6.45) is 8.19. The third-order valence-corrected chi connectivity index (χ3v) is 3.86. The molecule has 0 aliphatic heterocycles. The van der Waals surface area contributed by atoms with Gasteiger partial charge in [0.1, 0.15) is 0 Å². The number of rotatable bonds is 3. The van der Waals surface area contributed by atoms with Gasteiger partial charge in [-0.3, -0.25) is 5.43 Å². The van der Waals surface area contributed by atoms with Crippen molar-refractivity contribution >= 4 is 34.9 Å². The van der Waals surface area contributed by atoms with Crippen LogP contribution in [0.1, 0.15) is 37.0 Å². The Morgan fingerprint density at radius 3 is 2.94 bits per heavy atom. The van der Waals surface area contributed by atoms with Crippen LogP contribution in [0.5, 0.6) is 0 Å². The Kier molecular flexibility index (Phi) is 4.94. The second-order valence-electron chi connectivity index (χ2n) is 4.19. The normalized spacial score (nSPS) is 17.2. The summed E-state index contributed by atoms with van der Waals surface area (Å²) in [5, 5.41) is 10.1. The molecule has 1 aliphatic carbocycles. The molecule has 0 spiro atoms. The Morgan fingerprint density at radius 1 is 1.41 bits per heavy atom. The van der Waals surface area contributed by atoms with Crippen LogP contribution in [-0.2, 0) is 0 Å². The third-order valence-electron chi connectivity index (χ3n) is 2.84. The number of hydrogen-bond acceptors (Lipinski definition) is 3. The highest BCUT2D eigenvalue weighted by molar-refractivity contribution is 7.80. The molecule has 0 amide bonds. The second kappa shape index (κ2) is 6.71. The molecule has 1 saturated carbocycles. The molecule has 1 aliphatic rings. The van der Waals surface area contributed by atoms with Crippen molar-refractivity contribution in [2.75, 3.05) is 0 Å². The predicted molar refractivity (Wildman–Crippen MR) is 77.7 cm³/mol. The summed E-state index contributed by atoms with van der Waals surface area (Å²) in [6, 6.07) is 4.55. The molecule has 3 nitrogen and oxygen atoms in total. The molecule has 2 rings (SSSR count). The minimum absolute atomic E-state index is 0.528. The van der Waals surface area contributed by atoms with E-state index in [1.807, 2.05) is 17.5 Å². The van der Waals surface area contributed by atoms with Gasteiger partial charge in [0, 0.05) is 10.9 Å². The van der Waals surface area contributed by atoms with Crippen LogP contribution in [-0.4, -0.2) is 17.4 Å². The highest BCUT2D eigenvalue weighted by atomic mass is 32.1. The lowest BCUT2D eigenvalue weighted by Crippen LogP contribution is -2.40. The number of thiocarbonyl (C=S) groups is 1. The summed E-state index contributed by atoms with van der Waals surface area (Å²) in [6.45, 7) is 0. The Labute approximate surface area is 111 Å². The first-order chi connectivity index (χ1) is 8.34. The van der Waals surface area contributed by atoms with E-state index in [2.05, 4.69) is 15.8 Å². The van der Waals surface area contributed by atoms with E-state index in [9.17, 15) is 0 Å². The van der Waals surface area contributed by atoms with Crippen LogP contribution in [0.3, 0.4) is 0 Å². The van der Waals surface area contributed by atoms with Crippen molar-refractivity contribution < 1.29 is 0 Å². The zero-order chi connectivity index (χ0) is 11.9. The summed E-state index contributed by atoms with van der Waals surface area (Å²) in [4.78, 5) is 1.12. The van der Waals surface area contributed by atoms with Gasteiger partial charge in [-0.15, -0.1) is 11.3 Å². The minimum Gasteiger partial charge on any atom is -0.359 e. The smallest absolute Gasteiger partial charge is 0.187 e. The third kappa shape index (κ3) is 4.44. The average Bonchev–Trinajstić information content (AvgIpc) is 2.83. The molecule has 1 aromatic rings. The van der Waals surface area contributed by atoms with Crippen molar-refractivity contribution in [2.45, 2.75) is 38.1 Å². The Hall–Kier alpha value is -0.940. The topological polar surface area (TPSA) is 36.4 Å². The molecule has 0 radical (unpaired) electrons. The lowest BCUT2D eigenvalue weighted by Gasteiger charge is -2.23. The van der Waals surface area contributed by atoms with Gasteiger partial charge in [-0.05, 0) is 36.5 Å². The van der Waals surface area contributed by atoms with E-state index in [1.165, 1.54) is 32.1 Å². The van der Waals surface area contributed by atoms with Gasteiger partial charge in [-0.1, -0.05) is 25.3 Å². The van der Waals surface area contributed by atoms with Crippen LogP contribution in [0, 0.1) is 0 Å². The molecule has 2 N–H and O–H groups in total. The summed E-state index contributed by atoms with van der Waals surface area (Å²) in [5.41, 5.74) is 2.86. The monoisotopic (exact) mass is 267 g/mol. The van der Waals surface area contributed by atoms with E-state index < -0.39 is 0 Å². The fraction of sp³-hybridized carbons (Fsp3) is 0.500. The lowest BCUT2D eigenvalue weighted by molar-refractivity contribution is 0.412. The fourth-order valence-electron chi connectivity index (χ4n) is 1.98. The standard InChI is InChI=1S/C12H17N3S2/c16-12(14-10-5-2-1-3-6-10)15-13-9-11-7-4-8-17-11/h4,7-10H,1-3,5-6H2,(H2,14,15,16)/b13-9+. The molecule has 1 aromatic heterocycles. The SMILES string of the molecule is S=C(N/N=C/c1cccs1)NC1CCCCC1. The lowest BCUT2D eigenvalue weighted by atomic mass is 9.96. The highest BCUT2D eigenvalue weighted by Crippen LogP contribution is 2.17. The Balaban J connectivity index is 1.70. The number of nitrogens with one attached hydrogen (secondary N) is 2. The average molecular weight is 267 g/mol. The van der Waals surface area contributed by atoms with E-state index in [0.29, 0.717) is 11.2 Å². The second-order valence-corrected chi connectivity index (χ2v) is 5.58. The van der Waals surface area contributed by atoms with Crippen molar-refractivity contribution in [1.29, 1.82) is 0 Å². The molecule has 0 unspecified atom stereocenters. The van der Waals surface area contributed by atoms with Crippen LogP contribution >= 0.6 is 23.6 Å². The maximum Gasteiger partial charge on any atom is 0.187 e. The van der Waals surface area contributed by atoms with Crippen molar-refractivity contribution in [3.8, 4) is 0 Å². The molecule has 1 fully saturated rings. The van der Waals surface area contributed by atoms with Gasteiger partial charge in [-0.25, -0.2) is 0 Å². The number of hydrazone groups is 1. The largest absolute Gasteiger partial charge is 0.359 e. The van der Waals surface area contributed by atoms with E-state index in [0.717, 1.165) is 4.88 Å². The number of thiophene rings is 1. The minimum atomic E-state index is 0.528. The maximum atomic E-state index is 5.20. The van der Waals surface area contributed by atoms with Crippen LogP contribution in [0.25, 0.3) is 0 Å². The van der Waals surface area contributed by atoms with Gasteiger partial charge in [0.05, 0.1) is 6.21 Å². The molecular weight excluding hydrogens is 250 g/mol. The quantitative estimate of drug-likeness (QED) is 0.502. The molecule has 17 heavy (non-hydrogen) atoms. The first-order valence-corrected chi connectivity index (χ1v) is 7.26. The fourth-order valence-corrected chi connectivity index (χ4v) is 2.79. The van der Waals surface area contributed by atoms with Gasteiger partial charge in [0.15, 0.2) is 5.11 Å². The molecule has 5 heteroatoms. The molecule has 92 valence electrons. The molecule has 1 heterocycles. The van der Waals surface area contributed by atoms with E-state index >= 15 is 0 Å². The maximum absolute atomic E-state index is 5.20. The zero-order valence-corrected chi connectivity index (χ0v) is 11.3. The summed E-state index contributed by atoms with van der Waals surface area (Å²) < 4.78 is 0. The van der Waals surface area contributed by atoms with E-state index in [-0.39, 0.29) is 0 Å². The van der Waals surface area contributed by atoms with Gasteiger partial charge in [-0.2, -0.15) is 5.10 Å². The molecule has 0 bridgehead atoms. The van der Waals surface area contributed by atoms with Crippen molar-refractivity contribution in [3.05, 3.63) is 22.4 Å². The zero-order valence-electron chi connectivity index (χ0n) is 9.69. The van der Waals surface area contributed by atoms with Crippen LogP contribution in [0.15, 0.2) is 22.6 Å². The number of hydrogen-bond donors (Lipinski definition) is 2. The van der Waals surface area contributed by atoms with E-state index in [4.69, 9.17) is 12.2 Å². The molecule has 0 aromatic carbocycles. The first-order valence-electron chi connectivity index (χ1n) is 5.97. The number of nitrogens with zero attached hydrogens (tertiary/aromatic N) is 1. The van der Waals surface area contributed by atoms with Gasteiger partial charge < -0.3 is 5.32 Å². The van der Waals surface area contributed by atoms with Crippen LogP contribution in [0.4, 0.5) is 0 Å². The van der Waals surface area contributed by atoms with Gasteiger partial charge >= 0.3 is 0 Å². The summed E-state index contributed by atoms with van der Waals surface area (Å²) in [7, 11) is 0. The summed E-state index contributed by atoms with van der Waals surface area (Å²) in [5.74, 6) is 0. The Morgan fingerprint density at radius 2 is 2.24 bits per heavy atom. The molecular formula is C12H17N3S2. The Bertz CT molecular complexity index is 367. The van der Waals surface area contributed by atoms with Crippen molar-refractivity contribution in [1.82, 2.24) is 10.7 Å². The predicted octanol–water partition coefficient (Wildman–Crippen LogP) is 2.88.